The van der Waals surface area contributed by atoms with Gasteiger partial charge >= 0.3 is 24.4 Å². The van der Waals surface area contributed by atoms with Crippen LogP contribution in [0.15, 0.2) is 91.0 Å². The predicted octanol–water partition coefficient (Wildman–Crippen LogP) is 8.78. The molecule has 2 atom stereocenters. The highest BCUT2D eigenvalue weighted by molar-refractivity contribution is 5.90. The lowest BCUT2D eigenvalue weighted by Crippen LogP contribution is -2.56. The van der Waals surface area contributed by atoms with Crippen molar-refractivity contribution in [3.8, 4) is 23.0 Å². The standard InChI is InChI=1S/C38H34F6N2O7/c1-36(2,3)53-35(50)46-21-24-19-30(52-29-16-9-26(10-17-29)38(42,43)44)13-6-23(24)20-32(46)33(47)45-31(34(48)49)18-22-4-11-27(12-5-22)51-28-14-7-25(8-15-28)37(39,40)41/h4-17,19,31-32H,18,20-21H2,1-3H3,(H,45,47)(H,48,49)/t31-,32-/m0/s1. The summed E-state index contributed by atoms with van der Waals surface area (Å²) < 4.78 is 94.4. The fourth-order valence-corrected chi connectivity index (χ4v) is 5.46. The summed E-state index contributed by atoms with van der Waals surface area (Å²) in [6, 6.07) is 16.6. The van der Waals surface area contributed by atoms with Crippen molar-refractivity contribution in [1.29, 1.82) is 0 Å². The maximum Gasteiger partial charge on any atom is 0.416 e. The summed E-state index contributed by atoms with van der Waals surface area (Å²) in [4.78, 5) is 40.6. The van der Waals surface area contributed by atoms with Gasteiger partial charge in [-0.25, -0.2) is 9.59 Å². The molecule has 0 radical (unpaired) electrons. The van der Waals surface area contributed by atoms with Crippen LogP contribution in [0.5, 0.6) is 23.0 Å². The molecule has 15 heteroatoms. The number of hydrogen-bond acceptors (Lipinski definition) is 6. The van der Waals surface area contributed by atoms with E-state index in [1.165, 1.54) is 41.3 Å². The van der Waals surface area contributed by atoms with Crippen molar-refractivity contribution < 1.29 is 60.0 Å². The van der Waals surface area contributed by atoms with E-state index in [0.29, 0.717) is 16.7 Å². The van der Waals surface area contributed by atoms with Crippen molar-refractivity contribution in [2.45, 2.75) is 70.2 Å². The molecule has 1 aliphatic heterocycles. The molecule has 4 aromatic rings. The van der Waals surface area contributed by atoms with Crippen LogP contribution in [0.25, 0.3) is 0 Å². The average molecular weight is 745 g/mol. The number of rotatable bonds is 9. The first kappa shape index (κ1) is 38.5. The number of alkyl halides is 6. The van der Waals surface area contributed by atoms with Crippen LogP contribution in [0.1, 0.15) is 48.6 Å². The smallest absolute Gasteiger partial charge is 0.416 e. The van der Waals surface area contributed by atoms with E-state index >= 15 is 0 Å². The van der Waals surface area contributed by atoms with Gasteiger partial charge in [-0.1, -0.05) is 18.2 Å². The number of carbonyl (C=O) groups is 3. The minimum absolute atomic E-state index is 0.0106. The number of nitrogens with one attached hydrogen (secondary N) is 1. The summed E-state index contributed by atoms with van der Waals surface area (Å²) in [7, 11) is 0. The number of ether oxygens (including phenoxy) is 3. The highest BCUT2D eigenvalue weighted by Crippen LogP contribution is 2.34. The quantitative estimate of drug-likeness (QED) is 0.165. The lowest BCUT2D eigenvalue weighted by Gasteiger charge is -2.37. The van der Waals surface area contributed by atoms with Crippen LogP contribution in [0.4, 0.5) is 31.1 Å². The number of carbonyl (C=O) groups excluding carboxylic acids is 2. The fourth-order valence-electron chi connectivity index (χ4n) is 5.46. The molecule has 0 unspecified atom stereocenters. The Morgan fingerprint density at radius 1 is 0.736 bits per heavy atom. The van der Waals surface area contributed by atoms with Crippen LogP contribution >= 0.6 is 0 Å². The van der Waals surface area contributed by atoms with Crippen molar-refractivity contribution in [2.24, 2.45) is 0 Å². The van der Waals surface area contributed by atoms with Gasteiger partial charge in [0.1, 0.15) is 40.7 Å². The lowest BCUT2D eigenvalue weighted by molar-refractivity contribution is -0.142. The zero-order chi connectivity index (χ0) is 38.7. The molecule has 0 saturated carbocycles. The van der Waals surface area contributed by atoms with Crippen molar-refractivity contribution in [2.75, 3.05) is 0 Å². The molecule has 0 bridgehead atoms. The Labute approximate surface area is 300 Å². The zero-order valence-corrected chi connectivity index (χ0v) is 28.5. The molecule has 1 aliphatic rings. The molecule has 0 spiro atoms. The Morgan fingerprint density at radius 3 is 1.68 bits per heavy atom. The number of carboxylic acids is 1. The molecular weight excluding hydrogens is 710 g/mol. The van der Waals surface area contributed by atoms with Crippen molar-refractivity contribution in [1.82, 2.24) is 10.2 Å². The van der Waals surface area contributed by atoms with Crippen LogP contribution in [0.3, 0.4) is 0 Å². The molecule has 4 aromatic carbocycles. The van der Waals surface area contributed by atoms with E-state index in [0.717, 1.165) is 24.3 Å². The second kappa shape index (κ2) is 15.1. The zero-order valence-electron chi connectivity index (χ0n) is 28.5. The average Bonchev–Trinajstić information content (AvgIpc) is 3.07. The first-order chi connectivity index (χ1) is 24.7. The predicted molar refractivity (Wildman–Crippen MR) is 178 cm³/mol. The van der Waals surface area contributed by atoms with Gasteiger partial charge < -0.3 is 24.6 Å². The highest BCUT2D eigenvalue weighted by Gasteiger charge is 2.39. The van der Waals surface area contributed by atoms with E-state index in [-0.39, 0.29) is 42.4 Å². The molecule has 1 heterocycles. The number of nitrogens with zero attached hydrogens (tertiary/aromatic N) is 1. The van der Waals surface area contributed by atoms with Gasteiger partial charge in [0.15, 0.2) is 0 Å². The number of hydrogen-bond donors (Lipinski definition) is 2. The van der Waals surface area contributed by atoms with Crippen LogP contribution in [0.2, 0.25) is 0 Å². The highest BCUT2D eigenvalue weighted by atomic mass is 19.4. The maximum absolute atomic E-state index is 13.7. The summed E-state index contributed by atoms with van der Waals surface area (Å²) in [6.07, 6.45) is -9.99. The van der Waals surface area contributed by atoms with Crippen LogP contribution in [0, 0.1) is 0 Å². The molecule has 0 aliphatic carbocycles. The third kappa shape index (κ3) is 10.2. The summed E-state index contributed by atoms with van der Waals surface area (Å²) in [5.74, 6) is -1.22. The normalized spacial score (nSPS) is 15.2. The van der Waals surface area contributed by atoms with Crippen molar-refractivity contribution in [3.05, 3.63) is 119 Å². The molecule has 280 valence electrons. The fraction of sp³-hybridized carbons (Fsp3) is 0.289. The first-order valence-electron chi connectivity index (χ1n) is 16.2. The van der Waals surface area contributed by atoms with E-state index in [9.17, 15) is 45.8 Å². The van der Waals surface area contributed by atoms with Crippen molar-refractivity contribution in [3.63, 3.8) is 0 Å². The topological polar surface area (TPSA) is 114 Å². The molecule has 5 rings (SSSR count). The number of fused-ring (bicyclic) bond motifs is 1. The lowest BCUT2D eigenvalue weighted by atomic mass is 9.93. The molecule has 0 fully saturated rings. The van der Waals surface area contributed by atoms with Gasteiger partial charge in [-0.2, -0.15) is 26.3 Å². The van der Waals surface area contributed by atoms with E-state index in [4.69, 9.17) is 14.2 Å². The Balaban J connectivity index is 1.29. The minimum atomic E-state index is -4.51. The summed E-state index contributed by atoms with van der Waals surface area (Å²) in [6.45, 7) is 4.82. The van der Waals surface area contributed by atoms with E-state index in [1.807, 2.05) is 0 Å². The van der Waals surface area contributed by atoms with Crippen LogP contribution in [-0.2, 0) is 46.1 Å². The number of amides is 2. The molecule has 9 nitrogen and oxygen atoms in total. The van der Waals surface area contributed by atoms with Gasteiger partial charge in [0.2, 0.25) is 5.91 Å². The van der Waals surface area contributed by atoms with Crippen LogP contribution < -0.4 is 14.8 Å². The van der Waals surface area contributed by atoms with Gasteiger partial charge in [0.25, 0.3) is 0 Å². The van der Waals surface area contributed by atoms with Gasteiger partial charge in [-0.05, 0) is 110 Å². The first-order valence-corrected chi connectivity index (χ1v) is 16.2. The van der Waals surface area contributed by atoms with E-state index in [2.05, 4.69) is 5.32 Å². The Bertz CT molecular complexity index is 1940. The monoisotopic (exact) mass is 744 g/mol. The number of carboxylic acid groups (broad SMARTS) is 1. The summed E-state index contributed by atoms with van der Waals surface area (Å²) >= 11 is 0. The Kier molecular flexibility index (Phi) is 11.0. The van der Waals surface area contributed by atoms with Crippen molar-refractivity contribution >= 4 is 18.0 Å². The van der Waals surface area contributed by atoms with E-state index in [1.54, 1.807) is 51.1 Å². The number of halogens is 6. The summed E-state index contributed by atoms with van der Waals surface area (Å²) in [5, 5.41) is 12.5. The second-order valence-corrected chi connectivity index (χ2v) is 13.3. The van der Waals surface area contributed by atoms with Gasteiger partial charge in [0, 0.05) is 12.8 Å². The van der Waals surface area contributed by atoms with E-state index < -0.39 is 59.1 Å². The van der Waals surface area contributed by atoms with Gasteiger partial charge in [0.05, 0.1) is 17.7 Å². The Morgan fingerprint density at radius 2 is 1.21 bits per heavy atom. The molecule has 53 heavy (non-hydrogen) atoms. The third-order valence-electron chi connectivity index (χ3n) is 8.05. The summed E-state index contributed by atoms with van der Waals surface area (Å²) in [5.41, 5.74) is -0.862. The van der Waals surface area contributed by atoms with Gasteiger partial charge in [-0.3, -0.25) is 9.69 Å². The molecular formula is C38H34F6N2O7. The SMILES string of the molecule is CC(C)(C)OC(=O)N1Cc2cc(Oc3ccc(C(F)(F)F)cc3)ccc2C[C@H]1C(=O)N[C@@H](Cc1ccc(Oc2ccc(C(F)(F)F)cc2)cc1)C(=O)O. The number of aliphatic carboxylic acids is 1. The number of benzene rings is 4. The largest absolute Gasteiger partial charge is 0.480 e. The van der Waals surface area contributed by atoms with Crippen LogP contribution in [-0.4, -0.2) is 45.7 Å². The molecule has 2 N–H and O–H groups in total. The third-order valence-corrected chi connectivity index (χ3v) is 8.05. The molecule has 2 amide bonds. The molecule has 0 aromatic heterocycles. The molecule has 0 saturated heterocycles. The minimum Gasteiger partial charge on any atom is -0.480 e. The second-order valence-electron chi connectivity index (χ2n) is 13.3. The Hall–Kier alpha value is -5.73. The maximum atomic E-state index is 13.7. The van der Waals surface area contributed by atoms with Gasteiger partial charge in [-0.15, -0.1) is 0 Å².